The average Bonchev–Trinajstić information content (AvgIpc) is 4.03. The van der Waals surface area contributed by atoms with E-state index in [1.807, 2.05) is 30.3 Å². The fourth-order valence-corrected chi connectivity index (χ4v) is 7.52. The van der Waals surface area contributed by atoms with Crippen LogP contribution < -0.4 is 5.32 Å². The van der Waals surface area contributed by atoms with Crippen molar-refractivity contribution in [1.82, 2.24) is 0 Å². The van der Waals surface area contributed by atoms with Crippen LogP contribution in [0.5, 0.6) is 0 Å². The van der Waals surface area contributed by atoms with Gasteiger partial charge < -0.3 is 21.2 Å². The van der Waals surface area contributed by atoms with E-state index in [1.165, 1.54) is 81.2 Å². The van der Waals surface area contributed by atoms with Gasteiger partial charge in [-0.25, -0.2) is 0 Å². The molecule has 0 bridgehead atoms. The molecule has 0 saturated carbocycles. The summed E-state index contributed by atoms with van der Waals surface area (Å²) < 4.78 is 9.89. The summed E-state index contributed by atoms with van der Waals surface area (Å²) in [6, 6.07) is 36.3. The molecule has 0 unspecified atom stereocenters. The summed E-state index contributed by atoms with van der Waals surface area (Å²) in [5.74, 6) is 3.95. The topological polar surface area (TPSA) is 49.2 Å². The van der Waals surface area contributed by atoms with Gasteiger partial charge in [0.15, 0.2) is 0 Å². The van der Waals surface area contributed by atoms with Crippen LogP contribution in [0.3, 0.4) is 0 Å². The fraction of sp³-hybridized carbons (Fsp3) is 0.385. The van der Waals surface area contributed by atoms with E-state index in [0.29, 0.717) is 23.7 Å². The number of ether oxygens (including phenoxy) is 2. The Balaban J connectivity index is 0.000000308. The summed E-state index contributed by atoms with van der Waals surface area (Å²) in [6.07, 6.45) is 11.8. The van der Waals surface area contributed by atoms with Gasteiger partial charge in [0, 0.05) is 48.5 Å². The Labute approximate surface area is 360 Å². The number of nitrogens with two attached hydrogens (primary N) is 1. The van der Waals surface area contributed by atoms with Crippen LogP contribution in [-0.4, -0.2) is 49.5 Å². The third-order valence-corrected chi connectivity index (χ3v) is 10.6. The Morgan fingerprint density at radius 2 is 0.982 bits per heavy atom. The summed E-state index contributed by atoms with van der Waals surface area (Å²) in [5, 5.41) is 10.7. The van der Waals surface area contributed by atoms with Crippen LogP contribution in [-0.2, 0) is 9.47 Å². The second-order valence-electron chi connectivity index (χ2n) is 16.1. The van der Waals surface area contributed by atoms with Gasteiger partial charge in [-0.1, -0.05) is 157 Å². The van der Waals surface area contributed by atoms with E-state index >= 15 is 0 Å². The number of quaternary nitrogens is 1. The Morgan fingerprint density at radius 3 is 1.39 bits per heavy atom. The number of rotatable bonds is 8. The smallest absolute Gasteiger partial charge is 0.652 e. The standard InChI is InChI=1S/C36H41N2.C8H5.2C4H8O.Mg/c1-21(2)26-15-11-16-27(22(3)4)33(26)37-35-30-19-9-13-25-14-10-20-31(32(25)30)36(35)38-34-28(23(5)6)17-12-18-29(34)24(7)8;1-2-8-6-4-3-5-7-8;2*1-2-4-5-3-1;/h9-24,37H,1-8H3;3-7H;2*1-4H2;/q2*-1;;;+2/p+1. The molecule has 0 radical (unpaired) electrons. The second kappa shape index (κ2) is 22.9. The van der Waals surface area contributed by atoms with Gasteiger partial charge >= 0.3 is 23.1 Å². The number of para-hydroxylation sites is 2. The van der Waals surface area contributed by atoms with Crippen molar-refractivity contribution >= 4 is 56.6 Å². The molecule has 2 N–H and O–H groups in total. The zero-order valence-corrected chi connectivity index (χ0v) is 37.2. The maximum absolute atomic E-state index is 6.69. The van der Waals surface area contributed by atoms with Gasteiger partial charge in [-0.2, -0.15) is 0 Å². The first kappa shape index (κ1) is 45.8. The average molecular weight is 772 g/mol. The molecule has 2 aliphatic heterocycles. The largest absolute Gasteiger partial charge is 2.00 e. The number of benzene rings is 5. The van der Waals surface area contributed by atoms with Crippen LogP contribution in [0.1, 0.15) is 144 Å². The van der Waals surface area contributed by atoms with E-state index in [0.717, 1.165) is 43.4 Å². The Morgan fingerprint density at radius 1 is 0.544 bits per heavy atom. The Kier molecular flexibility index (Phi) is 18.4. The second-order valence-corrected chi connectivity index (χ2v) is 16.1. The Bertz CT molecular complexity index is 1900. The van der Waals surface area contributed by atoms with E-state index in [4.69, 9.17) is 21.2 Å². The molecular formula is C52H63MgN2O2+. The molecule has 5 aromatic carbocycles. The van der Waals surface area contributed by atoms with Gasteiger partial charge in [0.1, 0.15) is 11.4 Å². The predicted octanol–water partition coefficient (Wildman–Crippen LogP) is 12.9. The molecule has 3 aliphatic rings. The molecule has 0 aromatic heterocycles. The summed E-state index contributed by atoms with van der Waals surface area (Å²) in [4.78, 5) is 0. The summed E-state index contributed by atoms with van der Waals surface area (Å²) in [5.41, 5.74) is 13.6. The van der Waals surface area contributed by atoms with Crippen LogP contribution >= 0.6 is 0 Å². The van der Waals surface area contributed by atoms with Crippen LogP contribution in [0.25, 0.3) is 27.5 Å². The predicted molar refractivity (Wildman–Crippen MR) is 243 cm³/mol. The minimum atomic E-state index is 0. The molecule has 1 aliphatic carbocycles. The van der Waals surface area contributed by atoms with Gasteiger partial charge in [0.25, 0.3) is 0 Å². The van der Waals surface area contributed by atoms with Crippen LogP contribution in [0.2, 0.25) is 0 Å². The van der Waals surface area contributed by atoms with Crippen molar-refractivity contribution in [3.05, 3.63) is 154 Å². The van der Waals surface area contributed by atoms with Crippen molar-refractivity contribution in [3.8, 4) is 5.92 Å². The van der Waals surface area contributed by atoms with Gasteiger partial charge in [-0.3, -0.25) is 11.2 Å². The van der Waals surface area contributed by atoms with Crippen molar-refractivity contribution in [3.63, 3.8) is 0 Å². The molecule has 8 rings (SSSR count). The van der Waals surface area contributed by atoms with Crippen LogP contribution in [0.15, 0.2) is 103 Å². The maximum atomic E-state index is 6.69. The third-order valence-electron chi connectivity index (χ3n) is 10.6. The van der Waals surface area contributed by atoms with Crippen molar-refractivity contribution in [2.45, 2.75) is 105 Å². The molecule has 4 nitrogen and oxygen atoms in total. The number of hydrogen-bond acceptors (Lipinski definition) is 2. The molecule has 2 fully saturated rings. The maximum Gasteiger partial charge on any atom is 2.00 e. The number of hydrogen-bond donors (Lipinski definition) is 1. The van der Waals surface area contributed by atoms with Gasteiger partial charge in [-0.05, 0) is 66.4 Å². The molecule has 5 aromatic rings. The van der Waals surface area contributed by atoms with E-state index in [2.05, 4.69) is 139 Å². The molecule has 57 heavy (non-hydrogen) atoms. The van der Waals surface area contributed by atoms with Crippen LogP contribution in [0, 0.1) is 12.3 Å². The van der Waals surface area contributed by atoms with Crippen molar-refractivity contribution in [2.75, 3.05) is 26.4 Å². The first-order valence-electron chi connectivity index (χ1n) is 20.8. The van der Waals surface area contributed by atoms with Crippen molar-refractivity contribution in [2.24, 2.45) is 0 Å². The van der Waals surface area contributed by atoms with Crippen LogP contribution in [0.4, 0.5) is 11.4 Å². The quantitative estimate of drug-likeness (QED) is 0.0739. The van der Waals surface area contributed by atoms with Gasteiger partial charge in [0.2, 0.25) is 0 Å². The monoisotopic (exact) mass is 771 g/mol. The third kappa shape index (κ3) is 12.1. The van der Waals surface area contributed by atoms with Crippen molar-refractivity contribution < 1.29 is 14.8 Å². The minimum absolute atomic E-state index is 0. The zero-order valence-electron chi connectivity index (χ0n) is 35.8. The van der Waals surface area contributed by atoms with E-state index in [-0.39, 0.29) is 23.1 Å². The SMILES string of the molecule is C1CCOC1.C1CCOC1.CC(C)c1cccc(C(C)C)c1[N-]C1=C([NH2+]c2c(C(C)C)cccc2C(C)C)c2cccc3cccc1c23.[C-]#Cc1ccccc1.[Mg+2]. The molecule has 2 heterocycles. The minimum Gasteiger partial charge on any atom is -0.652 e. The molecule has 294 valence electrons. The van der Waals surface area contributed by atoms with Gasteiger partial charge in [-0.15, -0.1) is 23.4 Å². The van der Waals surface area contributed by atoms with Gasteiger partial charge in [0.05, 0.1) is 0 Å². The molecular weight excluding hydrogens is 709 g/mol. The van der Waals surface area contributed by atoms with E-state index in [1.54, 1.807) is 0 Å². The summed E-state index contributed by atoms with van der Waals surface area (Å²) in [7, 11) is 0. The fourth-order valence-electron chi connectivity index (χ4n) is 7.52. The Hall–Kier alpha value is -3.89. The first-order chi connectivity index (χ1) is 27.1. The molecule has 5 heteroatoms. The zero-order chi connectivity index (χ0) is 40.0. The summed E-state index contributed by atoms with van der Waals surface area (Å²) >= 11 is 0. The van der Waals surface area contributed by atoms with Crippen molar-refractivity contribution in [1.29, 1.82) is 0 Å². The normalized spacial score (nSPS) is 14.1. The summed E-state index contributed by atoms with van der Waals surface area (Å²) in [6.45, 7) is 22.3. The number of nitrogens with zero attached hydrogens (tertiary/aromatic N) is 1. The molecule has 0 amide bonds. The molecule has 2 saturated heterocycles. The molecule has 0 spiro atoms. The first-order valence-corrected chi connectivity index (χ1v) is 20.8. The van der Waals surface area contributed by atoms with E-state index in [9.17, 15) is 0 Å². The van der Waals surface area contributed by atoms with E-state index < -0.39 is 0 Å². The molecule has 0 atom stereocenters.